The van der Waals surface area contributed by atoms with Crippen LogP contribution in [0.5, 0.6) is 0 Å². The predicted octanol–water partition coefficient (Wildman–Crippen LogP) is 4.03. The number of aromatic amines is 1. The third-order valence-electron chi connectivity index (χ3n) is 6.07. The van der Waals surface area contributed by atoms with E-state index in [0.29, 0.717) is 29.4 Å². The molecule has 0 saturated carbocycles. The van der Waals surface area contributed by atoms with E-state index < -0.39 is 14.6 Å². The van der Waals surface area contributed by atoms with Crippen LogP contribution in [0.15, 0.2) is 46.2 Å². The summed E-state index contributed by atoms with van der Waals surface area (Å²) in [6.07, 6.45) is 3.66. The zero-order valence-corrected chi connectivity index (χ0v) is 19.7. The number of H-pyrrole nitrogens is 1. The van der Waals surface area contributed by atoms with E-state index in [9.17, 15) is 13.2 Å². The summed E-state index contributed by atoms with van der Waals surface area (Å²) in [5.74, 6) is 0.791. The second kappa shape index (κ2) is 8.37. The first-order valence-corrected chi connectivity index (χ1v) is 12.4. The van der Waals surface area contributed by atoms with Crippen LogP contribution in [0.2, 0.25) is 0 Å². The molecule has 2 atom stereocenters. The average Bonchev–Trinajstić information content (AvgIpc) is 2.95. The Labute approximate surface area is 187 Å². The van der Waals surface area contributed by atoms with Gasteiger partial charge in [-0.1, -0.05) is 6.92 Å². The second-order valence-electron chi connectivity index (χ2n) is 9.39. The summed E-state index contributed by atoms with van der Waals surface area (Å²) in [5, 5.41) is 8.43. The Morgan fingerprint density at radius 3 is 2.59 bits per heavy atom. The molecule has 1 aliphatic heterocycles. The van der Waals surface area contributed by atoms with Crippen LogP contribution < -0.4 is 10.9 Å². The number of nitrogens with zero attached hydrogens (tertiary/aromatic N) is 2. The number of hydrogen-bond donors (Lipinski definition) is 2. The normalized spacial score (nSPS) is 20.2. The summed E-state index contributed by atoms with van der Waals surface area (Å²) < 4.78 is 32.2. The lowest BCUT2D eigenvalue weighted by Crippen LogP contribution is -2.27. The summed E-state index contributed by atoms with van der Waals surface area (Å²) in [5.41, 5.74) is 1.16. The van der Waals surface area contributed by atoms with Gasteiger partial charge in [0.15, 0.2) is 15.7 Å². The first-order chi connectivity index (χ1) is 15.1. The molecule has 1 saturated heterocycles. The van der Waals surface area contributed by atoms with Gasteiger partial charge in [0, 0.05) is 18.5 Å². The van der Waals surface area contributed by atoms with Gasteiger partial charge >= 0.3 is 0 Å². The average molecular weight is 459 g/mol. The summed E-state index contributed by atoms with van der Waals surface area (Å²) >= 11 is 0. The van der Waals surface area contributed by atoms with Crippen LogP contribution in [0.25, 0.3) is 10.9 Å². The number of anilines is 2. The minimum absolute atomic E-state index is 0.0247. The van der Waals surface area contributed by atoms with Gasteiger partial charge in [0.25, 0.3) is 5.56 Å². The van der Waals surface area contributed by atoms with Crippen molar-refractivity contribution in [2.45, 2.75) is 56.2 Å². The van der Waals surface area contributed by atoms with Crippen molar-refractivity contribution in [2.75, 3.05) is 18.5 Å². The molecule has 0 amide bonds. The largest absolute Gasteiger partial charge is 0.379 e. The first-order valence-electron chi connectivity index (χ1n) is 10.9. The lowest BCUT2D eigenvalue weighted by molar-refractivity contribution is 0.107. The highest BCUT2D eigenvalue weighted by Gasteiger charge is 2.31. The molecule has 1 aliphatic rings. The van der Waals surface area contributed by atoms with E-state index in [1.165, 1.54) is 0 Å². The SMILES string of the molecule is C[C@H]1CCCOC[C@@H]1n1nc(Nc2ccc(S(=O)(=O)C(C)(C)C)cc2)c2c(=O)[nH]ccc21. The molecule has 3 heterocycles. The Morgan fingerprint density at radius 2 is 1.91 bits per heavy atom. The molecule has 1 aromatic carbocycles. The van der Waals surface area contributed by atoms with Gasteiger partial charge in [-0.25, -0.2) is 8.42 Å². The maximum absolute atomic E-state index is 12.7. The number of sulfone groups is 1. The number of aromatic nitrogens is 3. The van der Waals surface area contributed by atoms with Crippen molar-refractivity contribution in [2.24, 2.45) is 5.92 Å². The van der Waals surface area contributed by atoms with Gasteiger partial charge < -0.3 is 15.0 Å². The van der Waals surface area contributed by atoms with Gasteiger partial charge in [0.2, 0.25) is 0 Å². The van der Waals surface area contributed by atoms with E-state index in [4.69, 9.17) is 9.84 Å². The van der Waals surface area contributed by atoms with Crippen molar-refractivity contribution in [1.29, 1.82) is 0 Å². The molecule has 0 bridgehead atoms. The Kier molecular flexibility index (Phi) is 5.89. The van der Waals surface area contributed by atoms with E-state index in [1.54, 1.807) is 51.2 Å². The Balaban J connectivity index is 1.72. The number of fused-ring (bicyclic) bond motifs is 1. The number of benzene rings is 1. The molecule has 2 aromatic heterocycles. The highest BCUT2D eigenvalue weighted by Crippen LogP contribution is 2.32. The van der Waals surface area contributed by atoms with E-state index in [2.05, 4.69) is 17.2 Å². The maximum atomic E-state index is 12.7. The van der Waals surface area contributed by atoms with E-state index in [0.717, 1.165) is 25.0 Å². The summed E-state index contributed by atoms with van der Waals surface area (Å²) in [4.78, 5) is 15.7. The molecule has 0 aliphatic carbocycles. The highest BCUT2D eigenvalue weighted by atomic mass is 32.2. The van der Waals surface area contributed by atoms with Crippen LogP contribution in [0, 0.1) is 5.92 Å². The Morgan fingerprint density at radius 1 is 1.19 bits per heavy atom. The maximum Gasteiger partial charge on any atom is 0.261 e. The Bertz CT molecular complexity index is 1270. The summed E-state index contributed by atoms with van der Waals surface area (Å²) in [7, 11) is -3.44. The van der Waals surface area contributed by atoms with Crippen molar-refractivity contribution in [1.82, 2.24) is 14.8 Å². The third-order valence-corrected chi connectivity index (χ3v) is 8.58. The molecule has 4 rings (SSSR count). The van der Waals surface area contributed by atoms with Crippen molar-refractivity contribution >= 4 is 32.2 Å². The first kappa shape index (κ1) is 22.5. The van der Waals surface area contributed by atoms with Crippen LogP contribution in [0.4, 0.5) is 11.5 Å². The standard InChI is InChI=1S/C23H30N4O4S/c1-15-6-5-13-31-14-19(15)27-18-11-12-24-22(28)20(18)21(26-27)25-16-7-9-17(10-8-16)32(29,30)23(2,3)4/h7-12,15,19H,5-6,13-14H2,1-4H3,(H,24,28)(H,25,26)/t15-,19-/m0/s1. The number of nitrogens with one attached hydrogen (secondary N) is 2. The van der Waals surface area contributed by atoms with Crippen LogP contribution in [-0.4, -0.2) is 41.1 Å². The van der Waals surface area contributed by atoms with Gasteiger partial charge in [-0.15, -0.1) is 0 Å². The van der Waals surface area contributed by atoms with Crippen LogP contribution in [0.1, 0.15) is 46.6 Å². The lowest BCUT2D eigenvalue weighted by atomic mass is 9.98. The molecule has 0 unspecified atom stereocenters. The van der Waals surface area contributed by atoms with Crippen LogP contribution in [0.3, 0.4) is 0 Å². The van der Waals surface area contributed by atoms with Crippen molar-refractivity contribution in [3.63, 3.8) is 0 Å². The highest BCUT2D eigenvalue weighted by molar-refractivity contribution is 7.92. The van der Waals surface area contributed by atoms with Crippen LogP contribution >= 0.6 is 0 Å². The molecule has 9 heteroatoms. The zero-order valence-electron chi connectivity index (χ0n) is 18.9. The molecule has 8 nitrogen and oxygen atoms in total. The molecule has 0 spiro atoms. The van der Waals surface area contributed by atoms with Crippen molar-refractivity contribution in [3.05, 3.63) is 46.9 Å². The van der Waals surface area contributed by atoms with Gasteiger partial charge in [-0.05, 0) is 69.9 Å². The van der Waals surface area contributed by atoms with Crippen molar-refractivity contribution < 1.29 is 13.2 Å². The molecular formula is C23H30N4O4S. The summed E-state index contributed by atoms with van der Waals surface area (Å²) in [6.45, 7) is 8.49. The molecule has 32 heavy (non-hydrogen) atoms. The van der Waals surface area contributed by atoms with Gasteiger partial charge in [-0.2, -0.15) is 5.10 Å². The molecule has 172 valence electrons. The topological polar surface area (TPSA) is 106 Å². The zero-order chi connectivity index (χ0) is 23.1. The second-order valence-corrected chi connectivity index (χ2v) is 12.1. The fraction of sp³-hybridized carbons (Fsp3) is 0.478. The van der Waals surface area contributed by atoms with Gasteiger partial charge in [0.1, 0.15) is 5.39 Å². The number of rotatable bonds is 4. The molecule has 2 N–H and O–H groups in total. The minimum atomic E-state index is -3.44. The van der Waals surface area contributed by atoms with Gasteiger partial charge in [-0.3, -0.25) is 9.48 Å². The fourth-order valence-electron chi connectivity index (χ4n) is 4.03. The van der Waals surface area contributed by atoms with Crippen molar-refractivity contribution in [3.8, 4) is 0 Å². The molecule has 3 aromatic rings. The minimum Gasteiger partial charge on any atom is -0.379 e. The van der Waals surface area contributed by atoms with E-state index in [1.807, 2.05) is 10.7 Å². The third kappa shape index (κ3) is 4.06. The number of hydrogen-bond acceptors (Lipinski definition) is 6. The molecule has 0 radical (unpaired) electrons. The quantitative estimate of drug-likeness (QED) is 0.611. The smallest absolute Gasteiger partial charge is 0.261 e. The molecular weight excluding hydrogens is 428 g/mol. The molecule has 1 fully saturated rings. The summed E-state index contributed by atoms with van der Waals surface area (Å²) in [6, 6.07) is 8.42. The fourth-order valence-corrected chi connectivity index (χ4v) is 5.23. The van der Waals surface area contributed by atoms with E-state index in [-0.39, 0.29) is 16.5 Å². The number of pyridine rings is 1. The predicted molar refractivity (Wildman–Crippen MR) is 125 cm³/mol. The van der Waals surface area contributed by atoms with Gasteiger partial charge in [0.05, 0.1) is 27.8 Å². The Hall–Kier alpha value is -2.65. The monoisotopic (exact) mass is 458 g/mol. The lowest BCUT2D eigenvalue weighted by Gasteiger charge is -2.22. The number of ether oxygens (including phenoxy) is 1. The van der Waals surface area contributed by atoms with E-state index >= 15 is 0 Å². The van der Waals surface area contributed by atoms with Crippen LogP contribution in [-0.2, 0) is 14.6 Å².